The first kappa shape index (κ1) is 16.2. The van der Waals surface area contributed by atoms with Crippen LogP contribution < -0.4 is 5.32 Å². The molecule has 0 atom stereocenters. The summed E-state index contributed by atoms with van der Waals surface area (Å²) in [5, 5.41) is 2.74. The van der Waals surface area contributed by atoms with Gasteiger partial charge in [-0.3, -0.25) is 10.1 Å². The first-order valence-corrected chi connectivity index (χ1v) is 5.69. The second-order valence-corrected chi connectivity index (χ2v) is 3.87. The fourth-order valence-electron chi connectivity index (χ4n) is 0.825. The number of ether oxygens (including phenoxy) is 2. The predicted octanol–water partition coefficient (Wildman–Crippen LogP) is 0.508. The molecule has 0 saturated heterocycles. The van der Waals surface area contributed by atoms with E-state index in [1.807, 2.05) is 13.8 Å². The van der Waals surface area contributed by atoms with E-state index in [9.17, 15) is 9.59 Å². The van der Waals surface area contributed by atoms with Crippen LogP contribution in [0.15, 0.2) is 12.7 Å². The standard InChI is InChI=1S/C13H19NO4/c1-4-8-17-12(15)6-5-7-14-9-13(16)18-10-11(2)3/h4,11,14H,1,7-10H2,2-3H3. The summed E-state index contributed by atoms with van der Waals surface area (Å²) in [4.78, 5) is 22.1. The molecule has 18 heavy (non-hydrogen) atoms. The SMILES string of the molecule is C=CCOC(=O)C#CCNCC(=O)OCC(C)C. The highest BCUT2D eigenvalue weighted by atomic mass is 16.5. The van der Waals surface area contributed by atoms with Crippen molar-refractivity contribution in [2.45, 2.75) is 13.8 Å². The summed E-state index contributed by atoms with van der Waals surface area (Å²) in [5.74, 6) is 4.17. The van der Waals surface area contributed by atoms with Crippen LogP contribution >= 0.6 is 0 Å². The van der Waals surface area contributed by atoms with Crippen molar-refractivity contribution in [3.63, 3.8) is 0 Å². The van der Waals surface area contributed by atoms with E-state index in [1.54, 1.807) is 0 Å². The van der Waals surface area contributed by atoms with Gasteiger partial charge in [0.15, 0.2) is 0 Å². The van der Waals surface area contributed by atoms with Crippen LogP contribution in [0.25, 0.3) is 0 Å². The molecular formula is C13H19NO4. The van der Waals surface area contributed by atoms with Crippen molar-refractivity contribution >= 4 is 11.9 Å². The van der Waals surface area contributed by atoms with E-state index in [4.69, 9.17) is 4.74 Å². The van der Waals surface area contributed by atoms with Gasteiger partial charge in [-0.1, -0.05) is 32.4 Å². The normalized spacial score (nSPS) is 9.28. The van der Waals surface area contributed by atoms with E-state index in [1.165, 1.54) is 6.08 Å². The molecule has 0 aliphatic heterocycles. The lowest BCUT2D eigenvalue weighted by molar-refractivity contribution is -0.143. The Bertz CT molecular complexity index is 339. The van der Waals surface area contributed by atoms with Gasteiger partial charge >= 0.3 is 11.9 Å². The fraction of sp³-hybridized carbons (Fsp3) is 0.538. The van der Waals surface area contributed by atoms with Crippen molar-refractivity contribution in [3.05, 3.63) is 12.7 Å². The molecule has 0 aliphatic rings. The molecule has 0 bridgehead atoms. The van der Waals surface area contributed by atoms with E-state index >= 15 is 0 Å². The number of rotatable bonds is 7. The quantitative estimate of drug-likeness (QED) is 0.235. The molecule has 0 aromatic rings. The Labute approximate surface area is 108 Å². The molecule has 100 valence electrons. The Morgan fingerprint density at radius 2 is 2.11 bits per heavy atom. The maximum Gasteiger partial charge on any atom is 0.384 e. The zero-order chi connectivity index (χ0) is 13.8. The third kappa shape index (κ3) is 10.7. The zero-order valence-electron chi connectivity index (χ0n) is 10.8. The number of carbonyl (C=O) groups is 2. The predicted molar refractivity (Wildman–Crippen MR) is 67.6 cm³/mol. The Hall–Kier alpha value is -1.80. The molecule has 0 aromatic heterocycles. The maximum atomic E-state index is 11.2. The minimum atomic E-state index is -0.612. The Morgan fingerprint density at radius 1 is 1.39 bits per heavy atom. The number of hydrogen-bond donors (Lipinski definition) is 1. The third-order valence-corrected chi connectivity index (χ3v) is 1.58. The summed E-state index contributed by atoms with van der Waals surface area (Å²) >= 11 is 0. The largest absolute Gasteiger partial charge is 0.464 e. The van der Waals surface area contributed by atoms with Crippen LogP contribution in [0.4, 0.5) is 0 Å². The second kappa shape index (κ2) is 10.4. The Morgan fingerprint density at radius 3 is 2.72 bits per heavy atom. The first-order valence-electron chi connectivity index (χ1n) is 5.69. The molecule has 0 spiro atoms. The van der Waals surface area contributed by atoms with Gasteiger partial charge in [-0.25, -0.2) is 4.79 Å². The fourth-order valence-corrected chi connectivity index (χ4v) is 0.825. The molecule has 0 aromatic carbocycles. The van der Waals surface area contributed by atoms with Gasteiger partial charge in [0.25, 0.3) is 0 Å². The Balaban J connectivity index is 3.60. The molecule has 0 fully saturated rings. The van der Waals surface area contributed by atoms with Crippen LogP contribution in [0.1, 0.15) is 13.8 Å². The van der Waals surface area contributed by atoms with Crippen LogP contribution in [0.2, 0.25) is 0 Å². The van der Waals surface area contributed by atoms with Crippen molar-refractivity contribution in [1.29, 1.82) is 0 Å². The maximum absolute atomic E-state index is 11.2. The Kier molecular flexibility index (Phi) is 9.32. The average Bonchev–Trinajstić information content (AvgIpc) is 2.33. The van der Waals surface area contributed by atoms with Gasteiger partial charge < -0.3 is 9.47 Å². The molecule has 0 saturated carbocycles. The van der Waals surface area contributed by atoms with Gasteiger partial charge in [-0.15, -0.1) is 0 Å². The summed E-state index contributed by atoms with van der Waals surface area (Å²) in [7, 11) is 0. The summed E-state index contributed by atoms with van der Waals surface area (Å²) in [6, 6.07) is 0. The van der Waals surface area contributed by atoms with Gasteiger partial charge in [-0.2, -0.15) is 0 Å². The third-order valence-electron chi connectivity index (χ3n) is 1.58. The molecule has 5 heteroatoms. The van der Waals surface area contributed by atoms with Crippen molar-refractivity contribution in [2.75, 3.05) is 26.3 Å². The van der Waals surface area contributed by atoms with Crippen LogP contribution in [-0.2, 0) is 19.1 Å². The molecule has 0 amide bonds. The minimum Gasteiger partial charge on any atom is -0.464 e. The van der Waals surface area contributed by atoms with E-state index in [0.29, 0.717) is 12.5 Å². The highest BCUT2D eigenvalue weighted by Crippen LogP contribution is 1.91. The molecule has 1 N–H and O–H groups in total. The number of esters is 2. The molecule has 0 unspecified atom stereocenters. The van der Waals surface area contributed by atoms with Crippen molar-refractivity contribution in [3.8, 4) is 11.8 Å². The monoisotopic (exact) mass is 253 g/mol. The first-order chi connectivity index (χ1) is 8.56. The molecule has 0 aliphatic carbocycles. The molecule has 0 rings (SSSR count). The number of hydrogen-bond acceptors (Lipinski definition) is 5. The minimum absolute atomic E-state index is 0.0725. The molecule has 0 heterocycles. The zero-order valence-corrected chi connectivity index (χ0v) is 10.8. The molecule has 0 radical (unpaired) electrons. The number of nitrogens with one attached hydrogen (secondary N) is 1. The van der Waals surface area contributed by atoms with Crippen LogP contribution in [-0.4, -0.2) is 38.2 Å². The van der Waals surface area contributed by atoms with Gasteiger partial charge in [0.2, 0.25) is 0 Å². The van der Waals surface area contributed by atoms with Crippen molar-refractivity contribution in [2.24, 2.45) is 5.92 Å². The summed E-state index contributed by atoms with van der Waals surface area (Å²) in [6.45, 7) is 8.16. The smallest absolute Gasteiger partial charge is 0.384 e. The summed E-state index contributed by atoms with van der Waals surface area (Å²) < 4.78 is 9.57. The lowest BCUT2D eigenvalue weighted by atomic mass is 10.2. The highest BCUT2D eigenvalue weighted by Gasteiger charge is 2.02. The lowest BCUT2D eigenvalue weighted by Crippen LogP contribution is -2.26. The lowest BCUT2D eigenvalue weighted by Gasteiger charge is -2.06. The average molecular weight is 253 g/mol. The van der Waals surface area contributed by atoms with E-state index in [-0.39, 0.29) is 25.7 Å². The van der Waals surface area contributed by atoms with Gasteiger partial charge in [-0.05, 0) is 5.92 Å². The summed E-state index contributed by atoms with van der Waals surface area (Å²) in [5.41, 5.74) is 0. The van der Waals surface area contributed by atoms with Gasteiger partial charge in [0.1, 0.15) is 6.61 Å². The van der Waals surface area contributed by atoms with Crippen LogP contribution in [0.5, 0.6) is 0 Å². The van der Waals surface area contributed by atoms with E-state index < -0.39 is 5.97 Å². The van der Waals surface area contributed by atoms with Gasteiger partial charge in [0, 0.05) is 5.92 Å². The highest BCUT2D eigenvalue weighted by molar-refractivity contribution is 5.88. The summed E-state index contributed by atoms with van der Waals surface area (Å²) in [6.07, 6.45) is 1.46. The van der Waals surface area contributed by atoms with Crippen molar-refractivity contribution < 1.29 is 19.1 Å². The van der Waals surface area contributed by atoms with Gasteiger partial charge in [0.05, 0.1) is 19.7 Å². The molecule has 5 nitrogen and oxygen atoms in total. The topological polar surface area (TPSA) is 64.6 Å². The van der Waals surface area contributed by atoms with Crippen LogP contribution in [0.3, 0.4) is 0 Å². The van der Waals surface area contributed by atoms with Crippen LogP contribution in [0, 0.1) is 17.8 Å². The molecular weight excluding hydrogens is 234 g/mol. The second-order valence-electron chi connectivity index (χ2n) is 3.87. The van der Waals surface area contributed by atoms with Crippen molar-refractivity contribution in [1.82, 2.24) is 5.32 Å². The van der Waals surface area contributed by atoms with E-state index in [0.717, 1.165) is 0 Å². The van der Waals surface area contributed by atoms with E-state index in [2.05, 4.69) is 28.5 Å². The number of carbonyl (C=O) groups excluding carboxylic acids is 2.